The van der Waals surface area contributed by atoms with E-state index in [2.05, 4.69) is 26.8 Å². The number of carbonyl (C=O) groups excluding carboxylic acids is 1. The van der Waals surface area contributed by atoms with Gasteiger partial charge in [0.2, 0.25) is 0 Å². The lowest BCUT2D eigenvalue weighted by Gasteiger charge is -2.27. The van der Waals surface area contributed by atoms with Gasteiger partial charge in [0.15, 0.2) is 0 Å². The zero-order valence-electron chi connectivity index (χ0n) is 10.2. The minimum atomic E-state index is 0.277. The van der Waals surface area contributed by atoms with Crippen LogP contribution in [0, 0.1) is 17.3 Å². The van der Waals surface area contributed by atoms with Gasteiger partial charge in [-0.25, -0.2) is 0 Å². The normalized spacial score (nSPS) is 38.9. The quantitative estimate of drug-likeness (QED) is 0.552. The fraction of sp³-hybridized carbons (Fsp3) is 0.786. The second-order valence-corrected chi connectivity index (χ2v) is 5.97. The summed E-state index contributed by atoms with van der Waals surface area (Å²) in [5, 5.41) is 0. The Morgan fingerprint density at radius 3 is 2.80 bits per heavy atom. The average Bonchev–Trinajstić information content (AvgIpc) is 2.40. The Morgan fingerprint density at radius 2 is 2.07 bits per heavy atom. The Bertz CT molecular complexity index is 298. The second-order valence-electron chi connectivity index (χ2n) is 5.97. The summed E-state index contributed by atoms with van der Waals surface area (Å²) in [6.45, 7) is 6.83. The smallest absolute Gasteiger partial charge is 0.133 e. The average molecular weight is 206 g/mol. The molecular weight excluding hydrogens is 184 g/mol. The minimum absolute atomic E-state index is 0.277. The van der Waals surface area contributed by atoms with Crippen LogP contribution in [0.15, 0.2) is 11.6 Å². The van der Waals surface area contributed by atoms with Crippen molar-refractivity contribution in [2.75, 3.05) is 0 Å². The summed E-state index contributed by atoms with van der Waals surface area (Å²) in [4.78, 5) is 11.9. The van der Waals surface area contributed by atoms with Gasteiger partial charge in [-0.1, -0.05) is 32.4 Å². The van der Waals surface area contributed by atoms with E-state index in [-0.39, 0.29) is 5.41 Å². The van der Waals surface area contributed by atoms with E-state index in [9.17, 15) is 4.79 Å². The van der Waals surface area contributed by atoms with Crippen molar-refractivity contribution in [3.8, 4) is 0 Å². The predicted octanol–water partition coefficient (Wildman–Crippen LogP) is 3.74. The molecule has 0 aromatic carbocycles. The van der Waals surface area contributed by atoms with Crippen molar-refractivity contribution >= 4 is 5.78 Å². The Morgan fingerprint density at radius 1 is 1.33 bits per heavy atom. The van der Waals surface area contributed by atoms with Gasteiger partial charge >= 0.3 is 0 Å². The molecule has 0 radical (unpaired) electrons. The summed E-state index contributed by atoms with van der Waals surface area (Å²) in [5.41, 5.74) is 1.88. The zero-order chi connectivity index (χ0) is 11.1. The van der Waals surface area contributed by atoms with Crippen molar-refractivity contribution < 1.29 is 4.79 Å². The molecule has 2 bridgehead atoms. The van der Waals surface area contributed by atoms with Crippen LogP contribution in [0.3, 0.4) is 0 Å². The predicted molar refractivity (Wildman–Crippen MR) is 62.6 cm³/mol. The van der Waals surface area contributed by atoms with Gasteiger partial charge in [0.25, 0.3) is 0 Å². The van der Waals surface area contributed by atoms with Crippen LogP contribution in [0.5, 0.6) is 0 Å². The third-order valence-electron chi connectivity index (χ3n) is 4.43. The van der Waals surface area contributed by atoms with Gasteiger partial charge in [-0.3, -0.25) is 4.79 Å². The fourth-order valence-electron chi connectivity index (χ4n) is 3.17. The number of fused-ring (bicyclic) bond motifs is 2. The molecule has 0 aromatic rings. The molecule has 2 rings (SSSR count). The van der Waals surface area contributed by atoms with Crippen LogP contribution in [0.4, 0.5) is 0 Å². The monoisotopic (exact) mass is 206 g/mol. The van der Waals surface area contributed by atoms with E-state index in [0.717, 1.165) is 19.3 Å². The van der Waals surface area contributed by atoms with Gasteiger partial charge in [-0.2, -0.15) is 0 Å². The van der Waals surface area contributed by atoms with Crippen molar-refractivity contribution in [3.05, 3.63) is 11.6 Å². The SMILES string of the molecule is C[C@H]1C/C=C2/CC[C@@H](CC(=O)C1)C2(C)C. The molecule has 1 heteroatoms. The standard InChI is InChI=1S/C14H22O/c1-10-4-5-11-6-7-12(14(11,2)3)9-13(15)8-10/h5,10,12H,4,6-9H2,1-3H3/b11-5-/t10-,12-/m0/s1. The first-order valence-electron chi connectivity index (χ1n) is 6.21. The van der Waals surface area contributed by atoms with E-state index in [1.54, 1.807) is 5.57 Å². The maximum atomic E-state index is 11.9. The number of Topliss-reactive ketones (excluding diaryl/α,β-unsaturated/α-hetero) is 1. The Balaban J connectivity index is 2.28. The number of allylic oxidation sites excluding steroid dienone is 2. The van der Waals surface area contributed by atoms with E-state index in [1.165, 1.54) is 12.8 Å². The second kappa shape index (κ2) is 3.77. The number of hydrogen-bond acceptors (Lipinski definition) is 1. The third kappa shape index (κ3) is 2.02. The summed E-state index contributed by atoms with van der Waals surface area (Å²) in [6.07, 6.45) is 7.56. The molecule has 84 valence electrons. The summed E-state index contributed by atoms with van der Waals surface area (Å²) >= 11 is 0. The molecule has 15 heavy (non-hydrogen) atoms. The minimum Gasteiger partial charge on any atom is -0.300 e. The molecule has 0 aliphatic heterocycles. The summed E-state index contributed by atoms with van der Waals surface area (Å²) in [6, 6.07) is 0. The van der Waals surface area contributed by atoms with Crippen molar-refractivity contribution in [2.45, 2.75) is 52.9 Å². The first kappa shape index (κ1) is 10.9. The number of ketones is 1. The van der Waals surface area contributed by atoms with Gasteiger partial charge in [0.1, 0.15) is 5.78 Å². The number of rotatable bonds is 0. The van der Waals surface area contributed by atoms with Gasteiger partial charge in [0, 0.05) is 12.8 Å². The van der Waals surface area contributed by atoms with Gasteiger partial charge < -0.3 is 0 Å². The van der Waals surface area contributed by atoms with Crippen LogP contribution in [0.1, 0.15) is 52.9 Å². The maximum Gasteiger partial charge on any atom is 0.133 e. The van der Waals surface area contributed by atoms with Crippen LogP contribution in [-0.2, 0) is 4.79 Å². The van der Waals surface area contributed by atoms with Crippen LogP contribution >= 0.6 is 0 Å². The molecule has 1 fully saturated rings. The Hall–Kier alpha value is -0.590. The summed E-state index contributed by atoms with van der Waals surface area (Å²) in [7, 11) is 0. The highest BCUT2D eigenvalue weighted by Gasteiger charge is 2.39. The molecule has 0 spiro atoms. The molecule has 2 aliphatic rings. The fourth-order valence-corrected chi connectivity index (χ4v) is 3.17. The largest absolute Gasteiger partial charge is 0.300 e. The van der Waals surface area contributed by atoms with Gasteiger partial charge in [-0.05, 0) is 36.5 Å². The first-order valence-corrected chi connectivity index (χ1v) is 6.21. The topological polar surface area (TPSA) is 17.1 Å². The highest BCUT2D eigenvalue weighted by molar-refractivity contribution is 5.79. The molecule has 0 saturated heterocycles. The van der Waals surface area contributed by atoms with E-state index >= 15 is 0 Å². The third-order valence-corrected chi connectivity index (χ3v) is 4.43. The van der Waals surface area contributed by atoms with E-state index < -0.39 is 0 Å². The maximum absolute atomic E-state index is 11.9. The molecule has 2 atom stereocenters. The molecule has 1 nitrogen and oxygen atoms in total. The van der Waals surface area contributed by atoms with E-state index in [4.69, 9.17) is 0 Å². The number of hydrogen-bond donors (Lipinski definition) is 0. The van der Waals surface area contributed by atoms with E-state index in [1.807, 2.05) is 0 Å². The van der Waals surface area contributed by atoms with Gasteiger partial charge in [0.05, 0.1) is 0 Å². The highest BCUT2D eigenvalue weighted by Crippen LogP contribution is 2.49. The van der Waals surface area contributed by atoms with Crippen molar-refractivity contribution in [2.24, 2.45) is 17.3 Å². The van der Waals surface area contributed by atoms with Crippen molar-refractivity contribution in [1.82, 2.24) is 0 Å². The summed E-state index contributed by atoms with van der Waals surface area (Å²) < 4.78 is 0. The molecule has 0 heterocycles. The highest BCUT2D eigenvalue weighted by atomic mass is 16.1. The van der Waals surface area contributed by atoms with Crippen molar-refractivity contribution in [3.63, 3.8) is 0 Å². The Labute approximate surface area is 92.9 Å². The lowest BCUT2D eigenvalue weighted by molar-refractivity contribution is -0.121. The van der Waals surface area contributed by atoms with Crippen molar-refractivity contribution in [1.29, 1.82) is 0 Å². The van der Waals surface area contributed by atoms with Crippen LogP contribution in [-0.4, -0.2) is 5.78 Å². The van der Waals surface area contributed by atoms with Crippen LogP contribution in [0.25, 0.3) is 0 Å². The summed E-state index contributed by atoms with van der Waals surface area (Å²) in [5.74, 6) is 1.62. The molecule has 0 amide bonds. The van der Waals surface area contributed by atoms with Crippen LogP contribution in [0.2, 0.25) is 0 Å². The van der Waals surface area contributed by atoms with Crippen LogP contribution < -0.4 is 0 Å². The molecule has 2 aliphatic carbocycles. The number of carbonyl (C=O) groups is 1. The Kier molecular flexibility index (Phi) is 2.74. The molecular formula is C14H22O. The first-order chi connectivity index (χ1) is 7.00. The lowest BCUT2D eigenvalue weighted by atomic mass is 9.77. The molecule has 0 N–H and O–H groups in total. The molecule has 0 unspecified atom stereocenters. The molecule has 1 saturated carbocycles. The zero-order valence-corrected chi connectivity index (χ0v) is 10.2. The molecule has 0 aromatic heterocycles. The van der Waals surface area contributed by atoms with E-state index in [0.29, 0.717) is 17.6 Å². The lowest BCUT2D eigenvalue weighted by Crippen LogP contribution is -2.21. The van der Waals surface area contributed by atoms with Gasteiger partial charge in [-0.15, -0.1) is 0 Å².